The molecule has 0 aliphatic heterocycles. The maximum absolute atomic E-state index is 8.83. The van der Waals surface area contributed by atoms with Crippen LogP contribution in [0, 0.1) is 5.41 Å². The molecule has 0 atom stereocenters. The highest BCUT2D eigenvalue weighted by Gasteiger charge is 2.25. The van der Waals surface area contributed by atoms with Crippen LogP contribution in [0.5, 0.6) is 0 Å². The first-order chi connectivity index (χ1) is 10.1. The van der Waals surface area contributed by atoms with Gasteiger partial charge >= 0.3 is 0 Å². The van der Waals surface area contributed by atoms with E-state index in [4.69, 9.17) is 19.7 Å². The van der Waals surface area contributed by atoms with E-state index in [0.29, 0.717) is 26.4 Å². The molecule has 1 aromatic rings. The highest BCUT2D eigenvalue weighted by molar-refractivity contribution is 5.47. The summed E-state index contributed by atoms with van der Waals surface area (Å²) in [6.07, 6.45) is 2.62. The van der Waals surface area contributed by atoms with Gasteiger partial charge in [0, 0.05) is 5.41 Å². The Labute approximate surface area is 127 Å². The average Bonchev–Trinajstić information content (AvgIpc) is 2.48. The van der Waals surface area contributed by atoms with Crippen LogP contribution in [0.4, 0.5) is 0 Å². The van der Waals surface area contributed by atoms with Gasteiger partial charge in [-0.1, -0.05) is 43.8 Å². The topological polar surface area (TPSA) is 58.9 Å². The molecule has 0 amide bonds. The molecule has 0 fully saturated rings. The Kier molecular flexibility index (Phi) is 8.23. The quantitative estimate of drug-likeness (QED) is 0.612. The summed E-state index contributed by atoms with van der Waals surface area (Å²) in [5.41, 5.74) is 2.09. The lowest BCUT2D eigenvalue weighted by Crippen LogP contribution is -2.32. The van der Waals surface area contributed by atoms with Gasteiger partial charge in [-0.2, -0.15) is 0 Å². The molecule has 4 heteroatoms. The van der Waals surface area contributed by atoms with Crippen molar-refractivity contribution in [2.24, 2.45) is 5.41 Å². The van der Waals surface area contributed by atoms with E-state index >= 15 is 0 Å². The first-order valence-corrected chi connectivity index (χ1v) is 7.22. The van der Waals surface area contributed by atoms with E-state index in [0.717, 1.165) is 12.0 Å². The second-order valence-corrected chi connectivity index (χ2v) is 5.49. The maximum atomic E-state index is 8.83. The van der Waals surface area contributed by atoms with Crippen LogP contribution in [0.25, 0.3) is 6.08 Å². The van der Waals surface area contributed by atoms with Crippen molar-refractivity contribution >= 4 is 6.08 Å². The summed E-state index contributed by atoms with van der Waals surface area (Å²) in [5.74, 6) is 0. The molecule has 0 aliphatic rings. The van der Waals surface area contributed by atoms with Crippen molar-refractivity contribution in [3.63, 3.8) is 0 Å². The van der Waals surface area contributed by atoms with E-state index in [1.54, 1.807) is 0 Å². The molecule has 0 radical (unpaired) electrons. The van der Waals surface area contributed by atoms with Crippen LogP contribution < -0.4 is 0 Å². The number of aliphatic hydroxyl groups excluding tert-OH is 2. The van der Waals surface area contributed by atoms with Gasteiger partial charge in [0.15, 0.2) is 0 Å². The normalized spacial score (nSPS) is 11.6. The molecule has 0 saturated heterocycles. The predicted octanol–water partition coefficient (Wildman–Crippen LogP) is 1.90. The molecule has 2 N–H and O–H groups in total. The zero-order chi connectivity index (χ0) is 15.6. The summed E-state index contributed by atoms with van der Waals surface area (Å²) in [5, 5.41) is 17.7. The number of aliphatic hydroxyl groups is 2. The van der Waals surface area contributed by atoms with Gasteiger partial charge in [-0.05, 0) is 17.5 Å². The Hall–Kier alpha value is -1.20. The molecule has 0 unspecified atom stereocenters. The zero-order valence-corrected chi connectivity index (χ0v) is 12.8. The largest absolute Gasteiger partial charge is 0.394 e. The molecule has 0 saturated carbocycles. The fourth-order valence-corrected chi connectivity index (χ4v) is 2.17. The van der Waals surface area contributed by atoms with E-state index in [-0.39, 0.29) is 18.6 Å². The Morgan fingerprint density at radius 3 is 2.00 bits per heavy atom. The monoisotopic (exact) mass is 294 g/mol. The molecular formula is C17H26O4. The number of hydrogen-bond donors (Lipinski definition) is 2. The standard InChI is InChI=1S/C17H26O4/c1-3-15-4-6-16(7-5-15)12-17(2,13-20-10-8-18)14-21-11-9-19/h3-7,18-19H,1,8-14H2,2H3. The Balaban J connectivity index is 2.66. The summed E-state index contributed by atoms with van der Waals surface area (Å²) in [7, 11) is 0. The number of ether oxygens (including phenoxy) is 2. The summed E-state index contributed by atoms with van der Waals surface area (Å²) < 4.78 is 11.0. The highest BCUT2D eigenvalue weighted by atomic mass is 16.5. The summed E-state index contributed by atoms with van der Waals surface area (Å²) in [6.45, 7) is 7.52. The zero-order valence-electron chi connectivity index (χ0n) is 12.8. The van der Waals surface area contributed by atoms with Gasteiger partial charge in [-0.15, -0.1) is 0 Å². The minimum atomic E-state index is -0.194. The molecule has 0 heterocycles. The average molecular weight is 294 g/mol. The molecule has 1 aromatic carbocycles. The van der Waals surface area contributed by atoms with Crippen LogP contribution >= 0.6 is 0 Å². The molecule has 0 aliphatic carbocycles. The first-order valence-electron chi connectivity index (χ1n) is 7.22. The van der Waals surface area contributed by atoms with Crippen molar-refractivity contribution in [2.75, 3.05) is 39.6 Å². The van der Waals surface area contributed by atoms with Gasteiger partial charge in [-0.25, -0.2) is 0 Å². The van der Waals surface area contributed by atoms with Gasteiger partial charge in [-0.3, -0.25) is 0 Å². The van der Waals surface area contributed by atoms with Gasteiger partial charge in [0.1, 0.15) is 0 Å². The fraction of sp³-hybridized carbons (Fsp3) is 0.529. The van der Waals surface area contributed by atoms with Crippen LogP contribution in [-0.2, 0) is 15.9 Å². The number of hydrogen-bond acceptors (Lipinski definition) is 4. The van der Waals surface area contributed by atoms with Gasteiger partial charge in [0.25, 0.3) is 0 Å². The van der Waals surface area contributed by atoms with Crippen LogP contribution in [0.3, 0.4) is 0 Å². The van der Waals surface area contributed by atoms with Crippen molar-refractivity contribution in [2.45, 2.75) is 13.3 Å². The number of benzene rings is 1. The van der Waals surface area contributed by atoms with Crippen LogP contribution in [-0.4, -0.2) is 49.9 Å². The number of rotatable bonds is 11. The summed E-state index contributed by atoms with van der Waals surface area (Å²) in [4.78, 5) is 0. The molecule has 21 heavy (non-hydrogen) atoms. The van der Waals surface area contributed by atoms with Crippen molar-refractivity contribution < 1.29 is 19.7 Å². The van der Waals surface area contributed by atoms with Crippen molar-refractivity contribution in [1.82, 2.24) is 0 Å². The summed E-state index contributed by atoms with van der Waals surface area (Å²) >= 11 is 0. The Bertz CT molecular complexity index is 390. The van der Waals surface area contributed by atoms with E-state index < -0.39 is 0 Å². The Morgan fingerprint density at radius 1 is 1.05 bits per heavy atom. The third kappa shape index (κ3) is 6.87. The summed E-state index contributed by atoms with van der Waals surface area (Å²) in [6, 6.07) is 8.22. The molecule has 1 rings (SSSR count). The third-order valence-electron chi connectivity index (χ3n) is 3.22. The molecular weight excluding hydrogens is 268 g/mol. The minimum absolute atomic E-state index is 0.0155. The molecule has 118 valence electrons. The second kappa shape index (κ2) is 9.68. The lowest BCUT2D eigenvalue weighted by Gasteiger charge is -2.29. The van der Waals surface area contributed by atoms with Crippen LogP contribution in [0.15, 0.2) is 30.8 Å². The van der Waals surface area contributed by atoms with E-state index in [1.807, 2.05) is 18.2 Å². The van der Waals surface area contributed by atoms with Crippen LogP contribution in [0.2, 0.25) is 0 Å². The van der Waals surface area contributed by atoms with Crippen LogP contribution in [0.1, 0.15) is 18.1 Å². The lowest BCUT2D eigenvalue weighted by atomic mass is 9.85. The molecule has 0 bridgehead atoms. The molecule has 0 aromatic heterocycles. The molecule has 0 spiro atoms. The van der Waals surface area contributed by atoms with Gasteiger partial charge < -0.3 is 19.7 Å². The minimum Gasteiger partial charge on any atom is -0.394 e. The van der Waals surface area contributed by atoms with Gasteiger partial charge in [0.05, 0.1) is 39.6 Å². The van der Waals surface area contributed by atoms with Crippen molar-refractivity contribution in [1.29, 1.82) is 0 Å². The highest BCUT2D eigenvalue weighted by Crippen LogP contribution is 2.24. The van der Waals surface area contributed by atoms with E-state index in [9.17, 15) is 0 Å². The van der Waals surface area contributed by atoms with E-state index in [2.05, 4.69) is 25.6 Å². The van der Waals surface area contributed by atoms with E-state index in [1.165, 1.54) is 5.56 Å². The lowest BCUT2D eigenvalue weighted by molar-refractivity contribution is -0.0271. The third-order valence-corrected chi connectivity index (χ3v) is 3.22. The second-order valence-electron chi connectivity index (χ2n) is 5.49. The SMILES string of the molecule is C=Cc1ccc(CC(C)(COCCO)COCCO)cc1. The molecule has 4 nitrogen and oxygen atoms in total. The Morgan fingerprint density at radius 2 is 1.57 bits per heavy atom. The smallest absolute Gasteiger partial charge is 0.0698 e. The van der Waals surface area contributed by atoms with Crippen molar-refractivity contribution in [3.05, 3.63) is 42.0 Å². The predicted molar refractivity (Wildman–Crippen MR) is 84.2 cm³/mol. The maximum Gasteiger partial charge on any atom is 0.0698 e. The van der Waals surface area contributed by atoms with Gasteiger partial charge in [0.2, 0.25) is 0 Å². The van der Waals surface area contributed by atoms with Crippen molar-refractivity contribution in [3.8, 4) is 0 Å². The first kappa shape index (κ1) is 17.9. The fourth-order valence-electron chi connectivity index (χ4n) is 2.17.